The average molecular weight is 193 g/mol. The molecule has 64 valence electrons. The zero-order chi connectivity index (χ0) is 8.69. The molecule has 0 spiro atoms. The van der Waals surface area contributed by atoms with Gasteiger partial charge in [-0.1, -0.05) is 23.5 Å². The van der Waals surface area contributed by atoms with Gasteiger partial charge in [0.2, 0.25) is 0 Å². The fraction of sp³-hybridized carbons (Fsp3) is 0.600. The van der Waals surface area contributed by atoms with E-state index in [0.717, 1.165) is 11.8 Å². The van der Waals surface area contributed by atoms with Gasteiger partial charge in [-0.15, -0.1) is 0 Å². The first-order valence-corrected chi connectivity index (χ1v) is 5.15. The van der Waals surface area contributed by atoms with Crippen molar-refractivity contribution in [1.29, 1.82) is 0 Å². The average Bonchev–Trinajstić information content (AvgIpc) is 2.03. The van der Waals surface area contributed by atoms with Crippen molar-refractivity contribution in [2.45, 2.75) is 0 Å². The summed E-state index contributed by atoms with van der Waals surface area (Å²) in [5.41, 5.74) is 6.74. The summed E-state index contributed by atoms with van der Waals surface area (Å²) in [6, 6.07) is 0. The Labute approximate surface area is 74.6 Å². The molecule has 0 aromatic heterocycles. The highest BCUT2D eigenvalue weighted by Crippen LogP contribution is 2.02. The fourth-order valence-corrected chi connectivity index (χ4v) is 0.932. The first-order chi connectivity index (χ1) is 5.22. The lowest BCUT2D eigenvalue weighted by Gasteiger charge is -2.06. The second-order valence-electron chi connectivity index (χ2n) is 1.55. The Hall–Kier alpha value is -0.200. The van der Waals surface area contributed by atoms with Crippen LogP contribution >= 0.6 is 23.5 Å². The number of nitrogens with two attached hydrogens (primary N) is 1. The van der Waals surface area contributed by atoms with E-state index in [4.69, 9.17) is 5.73 Å². The van der Waals surface area contributed by atoms with Gasteiger partial charge in [0.05, 0.1) is 5.55 Å². The smallest absolute Gasteiger partial charge is 0.301 e. The summed E-state index contributed by atoms with van der Waals surface area (Å²) in [6.07, 6.45) is 1.71. The monoisotopic (exact) mass is 193 g/mol. The van der Waals surface area contributed by atoms with Crippen molar-refractivity contribution in [2.24, 2.45) is 10.8 Å². The third kappa shape index (κ3) is 5.11. The van der Waals surface area contributed by atoms with Crippen molar-refractivity contribution < 1.29 is 4.79 Å². The van der Waals surface area contributed by atoms with E-state index in [-0.39, 0.29) is 5.24 Å². The van der Waals surface area contributed by atoms with Crippen LogP contribution < -0.4 is 5.73 Å². The largest absolute Gasteiger partial charge is 0.322 e. The van der Waals surface area contributed by atoms with E-state index < -0.39 is 0 Å². The van der Waals surface area contributed by atoms with E-state index in [1.54, 1.807) is 18.9 Å². The van der Waals surface area contributed by atoms with Gasteiger partial charge >= 0.3 is 5.24 Å². The van der Waals surface area contributed by atoms with E-state index in [9.17, 15) is 4.79 Å². The number of hydrogen-bond acceptors (Lipinski definition) is 5. The van der Waals surface area contributed by atoms with Gasteiger partial charge in [0, 0.05) is 12.9 Å². The topological polar surface area (TPSA) is 58.7 Å². The highest BCUT2D eigenvalue weighted by Gasteiger charge is 2.01. The Bertz CT molecular complexity index is 151. The number of hydrogen-bond donors (Lipinski definition) is 1. The molecule has 0 aliphatic carbocycles. The number of thioether (sulfide) groups is 2. The van der Waals surface area contributed by atoms with Crippen molar-refractivity contribution in [3.63, 3.8) is 0 Å². The molecule has 2 N–H and O–H groups in total. The van der Waals surface area contributed by atoms with Crippen molar-refractivity contribution in [1.82, 2.24) is 5.01 Å². The highest BCUT2D eigenvalue weighted by atomic mass is 32.2. The zero-order valence-corrected chi connectivity index (χ0v) is 8.11. The number of nitrogens with zero attached hydrogens (tertiary/aromatic N) is 2. The lowest BCUT2D eigenvalue weighted by Crippen LogP contribution is -2.15. The second kappa shape index (κ2) is 6.51. The maximum atomic E-state index is 10.8. The van der Waals surface area contributed by atoms with Gasteiger partial charge in [0.1, 0.15) is 0 Å². The van der Waals surface area contributed by atoms with Gasteiger partial charge in [0.15, 0.2) is 0 Å². The molecule has 0 atom stereocenters. The summed E-state index contributed by atoms with van der Waals surface area (Å²) < 4.78 is 0. The molecule has 0 bridgehead atoms. The van der Waals surface area contributed by atoms with Crippen LogP contribution in [0.5, 0.6) is 0 Å². The fourth-order valence-electron chi connectivity index (χ4n) is 0.326. The van der Waals surface area contributed by atoms with Crippen LogP contribution in [0.25, 0.3) is 0 Å². The normalized spacial score (nSPS) is 10.5. The Morgan fingerprint density at radius 3 is 2.91 bits per heavy atom. The minimum absolute atomic E-state index is 0.0844. The van der Waals surface area contributed by atoms with Gasteiger partial charge in [-0.2, -0.15) is 5.10 Å². The van der Waals surface area contributed by atoms with Crippen LogP contribution in [0.4, 0.5) is 4.79 Å². The van der Waals surface area contributed by atoms with E-state index in [2.05, 4.69) is 5.10 Å². The highest BCUT2D eigenvalue weighted by molar-refractivity contribution is 8.13. The molecule has 0 aliphatic heterocycles. The molecule has 0 saturated carbocycles. The van der Waals surface area contributed by atoms with Crippen LogP contribution in [0.2, 0.25) is 0 Å². The molecule has 4 nitrogen and oxygen atoms in total. The van der Waals surface area contributed by atoms with E-state index in [0.29, 0.717) is 5.88 Å². The maximum absolute atomic E-state index is 10.8. The number of rotatable bonds is 3. The number of amides is 1. The van der Waals surface area contributed by atoms with Crippen LogP contribution in [0.15, 0.2) is 5.10 Å². The lowest BCUT2D eigenvalue weighted by atomic mass is 11.1. The quantitative estimate of drug-likeness (QED) is 0.314. The molecule has 0 rings (SSSR count). The molecule has 11 heavy (non-hydrogen) atoms. The minimum atomic E-state index is -0.0844. The summed E-state index contributed by atoms with van der Waals surface area (Å²) >= 11 is 2.47. The van der Waals surface area contributed by atoms with Crippen LogP contribution in [-0.2, 0) is 0 Å². The molecule has 0 heterocycles. The third-order valence-corrected chi connectivity index (χ3v) is 1.88. The number of carbonyl (C=O) groups is 1. The van der Waals surface area contributed by atoms with Crippen molar-refractivity contribution in [3.8, 4) is 0 Å². The first kappa shape index (κ1) is 10.8. The molecule has 0 unspecified atom stereocenters. The molecular formula is C5H11N3OS2. The predicted octanol–water partition coefficient (Wildman–Crippen LogP) is 0.994. The first-order valence-electron chi connectivity index (χ1n) is 2.88. The molecule has 0 fully saturated rings. The standard InChI is InChI=1S/C5H11N3OS2/c1-8(5(9)10-2)7-4-11-3-6/h4H,3,6H2,1-2H3/b7-4-. The summed E-state index contributed by atoms with van der Waals surface area (Å²) in [6.45, 7) is 0. The van der Waals surface area contributed by atoms with E-state index in [1.807, 2.05) is 0 Å². The lowest BCUT2D eigenvalue weighted by molar-refractivity contribution is 0.236. The van der Waals surface area contributed by atoms with Crippen LogP contribution in [0.3, 0.4) is 0 Å². The molecule has 6 heteroatoms. The molecular weight excluding hydrogens is 182 g/mol. The van der Waals surface area contributed by atoms with Gasteiger partial charge in [-0.3, -0.25) is 4.79 Å². The van der Waals surface area contributed by atoms with Crippen molar-refractivity contribution in [3.05, 3.63) is 0 Å². The van der Waals surface area contributed by atoms with Crippen LogP contribution in [-0.4, -0.2) is 35.0 Å². The number of hydrazone groups is 1. The summed E-state index contributed by atoms with van der Waals surface area (Å²) in [7, 11) is 1.60. The minimum Gasteiger partial charge on any atom is -0.322 e. The predicted molar refractivity (Wildman–Crippen MR) is 51.8 cm³/mol. The Morgan fingerprint density at radius 1 is 1.82 bits per heavy atom. The Kier molecular flexibility index (Phi) is 6.39. The molecule has 0 aromatic rings. The summed E-state index contributed by atoms with van der Waals surface area (Å²) in [5.74, 6) is 0.477. The maximum Gasteiger partial charge on any atom is 0.301 e. The molecule has 0 saturated heterocycles. The zero-order valence-electron chi connectivity index (χ0n) is 6.48. The van der Waals surface area contributed by atoms with Crippen molar-refractivity contribution >= 4 is 34.3 Å². The summed E-state index contributed by atoms with van der Waals surface area (Å²) in [4.78, 5) is 10.8. The van der Waals surface area contributed by atoms with Gasteiger partial charge in [-0.25, -0.2) is 5.01 Å². The molecule has 0 aliphatic rings. The van der Waals surface area contributed by atoms with Gasteiger partial charge in [-0.05, 0) is 6.26 Å². The third-order valence-electron chi connectivity index (χ3n) is 0.830. The molecule has 0 radical (unpaired) electrons. The van der Waals surface area contributed by atoms with Crippen LogP contribution in [0, 0.1) is 0 Å². The van der Waals surface area contributed by atoms with Crippen LogP contribution in [0.1, 0.15) is 0 Å². The number of carbonyl (C=O) groups excluding carboxylic acids is 1. The Morgan fingerprint density at radius 2 is 2.45 bits per heavy atom. The molecule has 1 amide bonds. The molecule has 0 aromatic carbocycles. The van der Waals surface area contributed by atoms with E-state index >= 15 is 0 Å². The van der Waals surface area contributed by atoms with Gasteiger partial charge < -0.3 is 5.73 Å². The van der Waals surface area contributed by atoms with E-state index in [1.165, 1.54) is 16.8 Å². The second-order valence-corrected chi connectivity index (χ2v) is 3.18. The SMILES string of the molecule is CSC(=O)N(C)/N=C\SCN. The van der Waals surface area contributed by atoms with Gasteiger partial charge in [0.25, 0.3) is 0 Å². The van der Waals surface area contributed by atoms with Crippen molar-refractivity contribution in [2.75, 3.05) is 19.2 Å². The Balaban J connectivity index is 3.66. The summed E-state index contributed by atoms with van der Waals surface area (Å²) in [5, 5.41) is 4.99.